The van der Waals surface area contributed by atoms with Crippen LogP contribution in [-0.2, 0) is 7.05 Å². The van der Waals surface area contributed by atoms with Crippen LogP contribution in [0.2, 0.25) is 0 Å². The molecule has 1 fully saturated rings. The molecule has 34 heavy (non-hydrogen) atoms. The number of carbonyl (C=O) groups excluding carboxylic acids is 1. The molecule has 1 amide bonds. The van der Waals surface area contributed by atoms with Crippen LogP contribution in [0, 0.1) is 5.82 Å². The molecular weight excluding hydrogens is 435 g/mol. The van der Waals surface area contributed by atoms with Crippen LogP contribution in [0.4, 0.5) is 4.39 Å². The number of hydrogen-bond donors (Lipinski definition) is 0. The highest BCUT2D eigenvalue weighted by Gasteiger charge is 2.29. The molecule has 172 valence electrons. The number of benzene rings is 1. The van der Waals surface area contributed by atoms with Crippen molar-refractivity contribution in [1.82, 2.24) is 29.6 Å². The van der Waals surface area contributed by atoms with Gasteiger partial charge in [0, 0.05) is 56.4 Å². The predicted molar refractivity (Wildman–Crippen MR) is 123 cm³/mol. The number of para-hydroxylation sites is 1. The Kier molecular flexibility index (Phi) is 5.99. The maximum Gasteiger partial charge on any atom is 0.255 e. The van der Waals surface area contributed by atoms with Gasteiger partial charge in [-0.25, -0.2) is 9.37 Å². The molecular formula is C25H23FN6O2. The van der Waals surface area contributed by atoms with E-state index < -0.39 is 5.82 Å². The van der Waals surface area contributed by atoms with E-state index >= 15 is 0 Å². The van der Waals surface area contributed by atoms with E-state index in [9.17, 15) is 9.18 Å². The number of rotatable bonds is 5. The first-order chi connectivity index (χ1) is 16.6. The molecule has 3 aromatic heterocycles. The van der Waals surface area contributed by atoms with Crippen molar-refractivity contribution in [2.45, 2.75) is 18.8 Å². The summed E-state index contributed by atoms with van der Waals surface area (Å²) in [5, 5.41) is 4.16. The van der Waals surface area contributed by atoms with Gasteiger partial charge < -0.3 is 9.64 Å². The number of likely N-dealkylation sites (tertiary alicyclic amines) is 1. The minimum Gasteiger partial charge on any atom is -0.434 e. The molecule has 4 aromatic rings. The van der Waals surface area contributed by atoms with Gasteiger partial charge in [-0.3, -0.25) is 19.4 Å². The third-order valence-corrected chi connectivity index (χ3v) is 5.84. The molecule has 9 heteroatoms. The fourth-order valence-corrected chi connectivity index (χ4v) is 4.14. The molecule has 1 aliphatic rings. The Morgan fingerprint density at radius 2 is 1.94 bits per heavy atom. The third-order valence-electron chi connectivity index (χ3n) is 5.84. The summed E-state index contributed by atoms with van der Waals surface area (Å²) in [6, 6.07) is 9.79. The monoisotopic (exact) mass is 458 g/mol. The summed E-state index contributed by atoms with van der Waals surface area (Å²) in [5.41, 5.74) is 2.80. The van der Waals surface area contributed by atoms with E-state index in [1.807, 2.05) is 19.3 Å². The Morgan fingerprint density at radius 1 is 1.09 bits per heavy atom. The Morgan fingerprint density at radius 3 is 2.71 bits per heavy atom. The van der Waals surface area contributed by atoms with Crippen LogP contribution in [0.1, 0.15) is 34.8 Å². The van der Waals surface area contributed by atoms with E-state index in [2.05, 4.69) is 20.1 Å². The van der Waals surface area contributed by atoms with Crippen LogP contribution < -0.4 is 4.74 Å². The van der Waals surface area contributed by atoms with Crippen LogP contribution in [0.25, 0.3) is 11.3 Å². The van der Waals surface area contributed by atoms with Crippen molar-refractivity contribution in [2.75, 3.05) is 13.1 Å². The van der Waals surface area contributed by atoms with E-state index in [4.69, 9.17) is 4.74 Å². The summed E-state index contributed by atoms with van der Waals surface area (Å²) in [6.07, 6.45) is 9.96. The second-order valence-corrected chi connectivity index (χ2v) is 8.20. The second kappa shape index (κ2) is 9.38. The number of piperidine rings is 1. The molecule has 1 aromatic carbocycles. The molecule has 8 nitrogen and oxygen atoms in total. The lowest BCUT2D eigenvalue weighted by Gasteiger charge is -2.32. The van der Waals surface area contributed by atoms with Crippen molar-refractivity contribution in [1.29, 1.82) is 0 Å². The van der Waals surface area contributed by atoms with Crippen molar-refractivity contribution < 1.29 is 13.9 Å². The number of ether oxygens (including phenoxy) is 1. The molecule has 0 saturated carbocycles. The summed E-state index contributed by atoms with van der Waals surface area (Å²) in [4.78, 5) is 28.2. The number of pyridine rings is 1. The molecule has 0 spiro atoms. The number of aryl methyl sites for hydroxylation is 1. The Labute approximate surface area is 196 Å². The van der Waals surface area contributed by atoms with Crippen molar-refractivity contribution in [2.24, 2.45) is 7.05 Å². The minimum absolute atomic E-state index is 0.0733. The molecule has 1 atom stereocenters. The van der Waals surface area contributed by atoms with E-state index in [0.29, 0.717) is 24.3 Å². The Bertz CT molecular complexity index is 1310. The summed E-state index contributed by atoms with van der Waals surface area (Å²) in [5.74, 6) is -0.282. The van der Waals surface area contributed by atoms with Crippen LogP contribution in [0.3, 0.4) is 0 Å². The SMILES string of the molecule is Cn1cc(-c2ccc(C(=O)N3CCC[C@H](c4nccnc4Oc4ccccc4F)C3)cn2)cn1. The molecule has 0 radical (unpaired) electrons. The van der Waals surface area contributed by atoms with Crippen LogP contribution >= 0.6 is 0 Å². The first kappa shape index (κ1) is 21.7. The van der Waals surface area contributed by atoms with Gasteiger partial charge in [-0.15, -0.1) is 0 Å². The van der Waals surface area contributed by atoms with E-state index in [1.54, 1.807) is 52.4 Å². The average Bonchev–Trinajstić information content (AvgIpc) is 3.32. The van der Waals surface area contributed by atoms with Gasteiger partial charge in [-0.1, -0.05) is 12.1 Å². The standard InChI is InChI=1S/C25H23FN6O2/c1-31-15-19(14-30-31)21-9-8-17(13-29-21)25(33)32-12-4-5-18(16-32)23-24(28-11-10-27-23)34-22-7-3-2-6-20(22)26/h2-3,6-11,13-15,18H,4-5,12,16H2,1H3/t18-/m0/s1. The maximum absolute atomic E-state index is 14.1. The average molecular weight is 458 g/mol. The summed E-state index contributed by atoms with van der Waals surface area (Å²) in [7, 11) is 1.85. The first-order valence-corrected chi connectivity index (χ1v) is 11.1. The fraction of sp³-hybridized carbons (Fsp3) is 0.240. The van der Waals surface area contributed by atoms with Gasteiger partial charge in [0.15, 0.2) is 11.6 Å². The smallest absolute Gasteiger partial charge is 0.255 e. The number of nitrogens with zero attached hydrogens (tertiary/aromatic N) is 6. The highest BCUT2D eigenvalue weighted by molar-refractivity contribution is 5.94. The summed E-state index contributed by atoms with van der Waals surface area (Å²) >= 11 is 0. The van der Waals surface area contributed by atoms with E-state index in [1.165, 1.54) is 12.3 Å². The van der Waals surface area contributed by atoms with E-state index in [0.717, 1.165) is 24.1 Å². The quantitative estimate of drug-likeness (QED) is 0.445. The third kappa shape index (κ3) is 4.50. The van der Waals surface area contributed by atoms with Gasteiger partial charge in [-0.05, 0) is 37.1 Å². The number of amides is 1. The molecule has 5 rings (SSSR count). The number of halogens is 1. The molecule has 0 aliphatic carbocycles. The van der Waals surface area contributed by atoms with Crippen LogP contribution in [-0.4, -0.2) is 48.6 Å². The number of carbonyl (C=O) groups is 1. The first-order valence-electron chi connectivity index (χ1n) is 11.1. The van der Waals surface area contributed by atoms with Crippen molar-refractivity contribution in [3.05, 3.63) is 84.5 Å². The van der Waals surface area contributed by atoms with Gasteiger partial charge in [0.2, 0.25) is 5.88 Å². The lowest BCUT2D eigenvalue weighted by atomic mass is 9.94. The predicted octanol–water partition coefficient (Wildman–Crippen LogP) is 4.22. The van der Waals surface area contributed by atoms with Crippen LogP contribution in [0.5, 0.6) is 11.6 Å². The molecule has 4 heterocycles. The lowest BCUT2D eigenvalue weighted by Crippen LogP contribution is -2.39. The molecule has 0 unspecified atom stereocenters. The zero-order chi connectivity index (χ0) is 23.5. The summed E-state index contributed by atoms with van der Waals surface area (Å²) < 4.78 is 21.6. The van der Waals surface area contributed by atoms with Gasteiger partial charge in [0.1, 0.15) is 5.69 Å². The van der Waals surface area contributed by atoms with Gasteiger partial charge in [0.25, 0.3) is 5.91 Å². The topological polar surface area (TPSA) is 86.0 Å². The van der Waals surface area contributed by atoms with Gasteiger partial charge in [0.05, 0.1) is 17.5 Å². The van der Waals surface area contributed by atoms with Crippen molar-refractivity contribution in [3.63, 3.8) is 0 Å². The fourth-order valence-electron chi connectivity index (χ4n) is 4.14. The van der Waals surface area contributed by atoms with Crippen molar-refractivity contribution in [3.8, 4) is 22.9 Å². The Hall–Kier alpha value is -4.14. The second-order valence-electron chi connectivity index (χ2n) is 8.20. The highest BCUT2D eigenvalue weighted by Crippen LogP contribution is 2.33. The molecule has 0 bridgehead atoms. The number of aromatic nitrogens is 5. The van der Waals surface area contributed by atoms with Gasteiger partial charge >= 0.3 is 0 Å². The minimum atomic E-state index is -0.471. The number of hydrogen-bond acceptors (Lipinski definition) is 6. The molecule has 1 aliphatic heterocycles. The largest absolute Gasteiger partial charge is 0.434 e. The highest BCUT2D eigenvalue weighted by atomic mass is 19.1. The molecule has 1 saturated heterocycles. The zero-order valence-corrected chi connectivity index (χ0v) is 18.6. The van der Waals surface area contributed by atoms with Crippen LogP contribution in [0.15, 0.2) is 67.4 Å². The van der Waals surface area contributed by atoms with Gasteiger partial charge in [-0.2, -0.15) is 5.10 Å². The zero-order valence-electron chi connectivity index (χ0n) is 18.6. The van der Waals surface area contributed by atoms with E-state index in [-0.39, 0.29) is 23.5 Å². The maximum atomic E-state index is 14.1. The lowest BCUT2D eigenvalue weighted by molar-refractivity contribution is 0.0704. The summed E-state index contributed by atoms with van der Waals surface area (Å²) in [6.45, 7) is 1.11. The van der Waals surface area contributed by atoms with Crippen molar-refractivity contribution >= 4 is 5.91 Å². The normalized spacial score (nSPS) is 15.8. The molecule has 0 N–H and O–H groups in total. The Balaban J connectivity index is 1.32.